The number of rotatable bonds is 2. The van der Waals surface area contributed by atoms with Gasteiger partial charge >= 0.3 is 6.03 Å². The molecule has 3 heterocycles. The van der Waals surface area contributed by atoms with Gasteiger partial charge in [0, 0.05) is 13.1 Å². The number of nitrogens with one attached hydrogen (secondary N) is 2. The van der Waals surface area contributed by atoms with Crippen molar-refractivity contribution in [3.8, 4) is 0 Å². The van der Waals surface area contributed by atoms with E-state index in [1.165, 1.54) is 10.5 Å². The Kier molecular flexibility index (Phi) is 3.43. The van der Waals surface area contributed by atoms with E-state index in [4.69, 9.17) is 11.6 Å². The molecule has 1 unspecified atom stereocenters. The maximum Gasteiger partial charge on any atom is 0.322 e. The number of carbonyl (C=O) groups excluding carboxylic acids is 2. The number of imide groups is 1. The smallest absolute Gasteiger partial charge is 0.322 e. The molecule has 8 nitrogen and oxygen atoms in total. The quantitative estimate of drug-likeness (QED) is 0.738. The van der Waals surface area contributed by atoms with E-state index in [-0.39, 0.29) is 21.8 Å². The van der Waals surface area contributed by atoms with E-state index in [2.05, 4.69) is 15.6 Å². The minimum atomic E-state index is -3.77. The number of hydrogen-bond donors (Lipinski definition) is 2. The Labute approximate surface area is 129 Å². The molecule has 2 aliphatic rings. The van der Waals surface area contributed by atoms with Crippen LogP contribution in [0.15, 0.2) is 10.4 Å². The van der Waals surface area contributed by atoms with Gasteiger partial charge in [0.2, 0.25) is 0 Å². The van der Waals surface area contributed by atoms with Crippen LogP contribution in [0.5, 0.6) is 0 Å². The maximum atomic E-state index is 12.5. The van der Waals surface area contributed by atoms with Gasteiger partial charge in [-0.05, 0) is 12.8 Å². The molecule has 11 heteroatoms. The topological polar surface area (TPSA) is 108 Å². The summed E-state index contributed by atoms with van der Waals surface area (Å²) in [5.74, 6) is -0.491. The third-order valence-electron chi connectivity index (χ3n) is 3.52. The van der Waals surface area contributed by atoms with Gasteiger partial charge in [0.05, 0.1) is 6.20 Å². The highest BCUT2D eigenvalue weighted by Crippen LogP contribution is 2.31. The van der Waals surface area contributed by atoms with Crippen molar-refractivity contribution in [2.24, 2.45) is 0 Å². The number of urea groups is 1. The lowest BCUT2D eigenvalue weighted by Crippen LogP contribution is -2.59. The number of aromatic nitrogens is 1. The van der Waals surface area contributed by atoms with Crippen LogP contribution >= 0.6 is 22.9 Å². The lowest BCUT2D eigenvalue weighted by molar-refractivity contribution is -0.125. The van der Waals surface area contributed by atoms with Gasteiger partial charge in [-0.25, -0.2) is 18.2 Å². The molecule has 0 saturated carbocycles. The van der Waals surface area contributed by atoms with Crippen LogP contribution < -0.4 is 10.6 Å². The van der Waals surface area contributed by atoms with Crippen molar-refractivity contribution in [1.29, 1.82) is 0 Å². The van der Waals surface area contributed by atoms with E-state index in [1.807, 2.05) is 0 Å². The average molecular weight is 351 g/mol. The molecule has 1 spiro atoms. The highest BCUT2D eigenvalue weighted by atomic mass is 35.5. The lowest BCUT2D eigenvalue weighted by atomic mass is 9.90. The average Bonchev–Trinajstić information content (AvgIpc) is 2.95. The third kappa shape index (κ3) is 2.41. The van der Waals surface area contributed by atoms with Crippen LogP contribution in [0.4, 0.5) is 4.79 Å². The maximum absolute atomic E-state index is 12.5. The summed E-state index contributed by atoms with van der Waals surface area (Å²) in [6, 6.07) is -0.597. The minimum absolute atomic E-state index is 0.0225. The van der Waals surface area contributed by atoms with Gasteiger partial charge in [-0.15, -0.1) is 0 Å². The van der Waals surface area contributed by atoms with Gasteiger partial charge in [-0.2, -0.15) is 4.31 Å². The molecule has 2 saturated heterocycles. The number of piperidine rings is 1. The third-order valence-corrected chi connectivity index (χ3v) is 6.92. The molecule has 2 N–H and O–H groups in total. The number of hydrogen-bond acceptors (Lipinski definition) is 6. The number of carbonyl (C=O) groups is 2. The van der Waals surface area contributed by atoms with Crippen molar-refractivity contribution in [1.82, 2.24) is 19.9 Å². The largest absolute Gasteiger partial charge is 0.322 e. The molecule has 0 bridgehead atoms. The van der Waals surface area contributed by atoms with Gasteiger partial charge in [-0.1, -0.05) is 22.9 Å². The van der Waals surface area contributed by atoms with Crippen LogP contribution in [0.25, 0.3) is 0 Å². The van der Waals surface area contributed by atoms with Crippen molar-refractivity contribution in [3.63, 3.8) is 0 Å². The molecule has 1 atom stereocenters. The highest BCUT2D eigenvalue weighted by Gasteiger charge is 2.50. The summed E-state index contributed by atoms with van der Waals surface area (Å²) in [5.41, 5.74) is -1.18. The molecule has 0 radical (unpaired) electrons. The fourth-order valence-electron chi connectivity index (χ4n) is 2.52. The van der Waals surface area contributed by atoms with Crippen LogP contribution in [-0.4, -0.2) is 48.3 Å². The minimum Gasteiger partial charge on any atom is -0.322 e. The zero-order valence-electron chi connectivity index (χ0n) is 10.6. The molecule has 1 aromatic heterocycles. The number of sulfonamides is 1. The Balaban J connectivity index is 1.90. The molecule has 1 aromatic rings. The molecular weight excluding hydrogens is 340 g/mol. The van der Waals surface area contributed by atoms with Gasteiger partial charge in [-0.3, -0.25) is 10.1 Å². The SMILES string of the molecule is O=C1NC(=O)C2(CCCN(S(=O)(=O)c3cnc(Cl)s3)C2)N1. The standard InChI is InChI=1S/C10H11ClN4O4S2/c11-8-12-4-6(20-8)21(18,19)15-3-1-2-10(5-15)7(16)13-9(17)14-10/h4H,1-3,5H2,(H2,13,14,16,17). The Morgan fingerprint density at radius 1 is 1.43 bits per heavy atom. The van der Waals surface area contributed by atoms with Gasteiger partial charge in [0.15, 0.2) is 8.68 Å². The first-order valence-corrected chi connectivity index (χ1v) is 8.72. The zero-order valence-corrected chi connectivity index (χ0v) is 13.0. The Hall–Kier alpha value is -1.23. The van der Waals surface area contributed by atoms with Gasteiger partial charge < -0.3 is 5.32 Å². The number of amides is 3. The number of thiazole rings is 1. The first-order chi connectivity index (χ1) is 9.83. The second-order valence-corrected chi connectivity index (χ2v) is 8.64. The summed E-state index contributed by atoms with van der Waals surface area (Å²) >= 11 is 6.53. The molecule has 3 rings (SSSR count). The number of nitrogens with zero attached hydrogens (tertiary/aromatic N) is 2. The second-order valence-electron chi connectivity index (χ2n) is 4.86. The molecule has 0 aliphatic carbocycles. The fourth-order valence-corrected chi connectivity index (χ4v) is 5.51. The predicted octanol–water partition coefficient (Wildman–Crippen LogP) is 0.159. The van der Waals surface area contributed by atoms with Crippen molar-refractivity contribution < 1.29 is 18.0 Å². The summed E-state index contributed by atoms with van der Waals surface area (Å²) < 4.78 is 26.4. The Morgan fingerprint density at radius 3 is 2.76 bits per heavy atom. The van der Waals surface area contributed by atoms with Crippen molar-refractivity contribution in [2.45, 2.75) is 22.6 Å². The second kappa shape index (κ2) is 4.90. The monoisotopic (exact) mass is 350 g/mol. The molecule has 114 valence electrons. The van der Waals surface area contributed by atoms with Crippen molar-refractivity contribution in [2.75, 3.05) is 13.1 Å². The molecule has 0 aromatic carbocycles. The van der Waals surface area contributed by atoms with Gasteiger partial charge in [0.1, 0.15) is 5.54 Å². The Bertz CT molecular complexity index is 718. The van der Waals surface area contributed by atoms with E-state index in [0.717, 1.165) is 11.3 Å². The zero-order chi connectivity index (χ0) is 15.3. The van der Waals surface area contributed by atoms with E-state index in [0.29, 0.717) is 12.8 Å². The van der Waals surface area contributed by atoms with E-state index >= 15 is 0 Å². The predicted molar refractivity (Wildman–Crippen MR) is 74.5 cm³/mol. The summed E-state index contributed by atoms with van der Waals surface area (Å²) in [6.45, 7) is 0.186. The highest BCUT2D eigenvalue weighted by molar-refractivity contribution is 7.91. The first-order valence-electron chi connectivity index (χ1n) is 6.09. The van der Waals surface area contributed by atoms with Crippen LogP contribution in [0.3, 0.4) is 0 Å². The summed E-state index contributed by atoms with van der Waals surface area (Å²) in [7, 11) is -3.77. The van der Waals surface area contributed by atoms with E-state index in [9.17, 15) is 18.0 Å². The van der Waals surface area contributed by atoms with Crippen LogP contribution in [0.1, 0.15) is 12.8 Å². The molecule has 2 aliphatic heterocycles. The summed E-state index contributed by atoms with van der Waals surface area (Å²) in [5, 5.41) is 4.69. The van der Waals surface area contributed by atoms with Crippen LogP contribution in [0, 0.1) is 0 Å². The normalized spacial score (nSPS) is 26.9. The van der Waals surface area contributed by atoms with Gasteiger partial charge in [0.25, 0.3) is 15.9 Å². The number of halogens is 1. The fraction of sp³-hybridized carbons (Fsp3) is 0.500. The van der Waals surface area contributed by atoms with Crippen molar-refractivity contribution >= 4 is 44.9 Å². The Morgan fingerprint density at radius 2 is 2.19 bits per heavy atom. The summed E-state index contributed by atoms with van der Waals surface area (Å²) in [6.07, 6.45) is 2.07. The molecule has 3 amide bonds. The first kappa shape index (κ1) is 14.7. The van der Waals surface area contributed by atoms with E-state index in [1.54, 1.807) is 0 Å². The van der Waals surface area contributed by atoms with E-state index < -0.39 is 27.5 Å². The van der Waals surface area contributed by atoms with Crippen LogP contribution in [-0.2, 0) is 14.8 Å². The molecule has 21 heavy (non-hydrogen) atoms. The lowest BCUT2D eigenvalue weighted by Gasteiger charge is -2.36. The van der Waals surface area contributed by atoms with Crippen molar-refractivity contribution in [3.05, 3.63) is 10.7 Å². The molecule has 2 fully saturated rings. The molecular formula is C10H11ClN4O4S2. The summed E-state index contributed by atoms with van der Waals surface area (Å²) in [4.78, 5) is 27.0. The van der Waals surface area contributed by atoms with Crippen LogP contribution in [0.2, 0.25) is 4.47 Å².